The molecule has 0 saturated carbocycles. The maximum atomic E-state index is 13.1. The van der Waals surface area contributed by atoms with Gasteiger partial charge in [0.2, 0.25) is 0 Å². The van der Waals surface area contributed by atoms with E-state index in [1.165, 1.54) is 17.0 Å². The van der Waals surface area contributed by atoms with Crippen LogP contribution in [0.2, 0.25) is 0 Å². The molecule has 1 aliphatic rings. The summed E-state index contributed by atoms with van der Waals surface area (Å²) in [7, 11) is 0. The predicted molar refractivity (Wildman–Crippen MR) is 113 cm³/mol. The molecule has 29 heavy (non-hydrogen) atoms. The molecular formula is C24H27NO4. The van der Waals surface area contributed by atoms with E-state index in [9.17, 15) is 19.8 Å². The molecule has 3 rings (SSSR count). The van der Waals surface area contributed by atoms with Crippen molar-refractivity contribution in [2.45, 2.75) is 46.6 Å². The van der Waals surface area contributed by atoms with E-state index in [1.807, 2.05) is 24.3 Å². The number of phenols is 1. The number of hydrogen-bond acceptors (Lipinski definition) is 4. The van der Waals surface area contributed by atoms with Crippen LogP contribution in [-0.4, -0.2) is 21.9 Å². The van der Waals surface area contributed by atoms with Gasteiger partial charge in [-0.15, -0.1) is 0 Å². The Morgan fingerprint density at radius 1 is 0.966 bits per heavy atom. The quantitative estimate of drug-likeness (QED) is 0.764. The van der Waals surface area contributed by atoms with Gasteiger partial charge in [-0.2, -0.15) is 0 Å². The number of amides is 1. The number of aromatic hydroxyl groups is 1. The molecule has 1 heterocycles. The second kappa shape index (κ2) is 7.39. The van der Waals surface area contributed by atoms with Crippen LogP contribution in [0.15, 0.2) is 59.9 Å². The molecule has 0 radical (unpaired) electrons. The molecule has 1 aliphatic heterocycles. The Morgan fingerprint density at radius 3 is 2.00 bits per heavy atom. The fraction of sp³-hybridized carbons (Fsp3) is 0.333. The minimum absolute atomic E-state index is 0.0844. The normalized spacial score (nSPS) is 17.4. The third kappa shape index (κ3) is 3.77. The highest BCUT2D eigenvalue weighted by molar-refractivity contribution is 6.17. The van der Waals surface area contributed by atoms with Crippen molar-refractivity contribution in [3.8, 4) is 5.75 Å². The van der Waals surface area contributed by atoms with E-state index in [0.29, 0.717) is 17.2 Å². The number of phenolic OH excluding ortho intramolecular Hbond substituents is 1. The highest BCUT2D eigenvalue weighted by Gasteiger charge is 2.46. The number of hydrogen-bond donors (Lipinski definition) is 2. The third-order valence-corrected chi connectivity index (χ3v) is 5.18. The zero-order valence-corrected chi connectivity index (χ0v) is 17.4. The van der Waals surface area contributed by atoms with Crippen molar-refractivity contribution in [3.05, 3.63) is 71.0 Å². The van der Waals surface area contributed by atoms with Gasteiger partial charge in [-0.05, 0) is 41.3 Å². The van der Waals surface area contributed by atoms with Gasteiger partial charge in [0.15, 0.2) is 11.5 Å². The fourth-order valence-electron chi connectivity index (χ4n) is 3.50. The van der Waals surface area contributed by atoms with Crippen molar-refractivity contribution in [1.82, 2.24) is 0 Å². The average Bonchev–Trinajstić information content (AvgIpc) is 2.92. The summed E-state index contributed by atoms with van der Waals surface area (Å²) >= 11 is 0. The fourth-order valence-corrected chi connectivity index (χ4v) is 3.50. The Labute approximate surface area is 171 Å². The van der Waals surface area contributed by atoms with E-state index in [1.54, 1.807) is 32.9 Å². The first-order valence-electron chi connectivity index (χ1n) is 9.72. The number of rotatable bonds is 4. The van der Waals surface area contributed by atoms with Crippen molar-refractivity contribution in [2.75, 3.05) is 4.90 Å². The van der Waals surface area contributed by atoms with Crippen LogP contribution >= 0.6 is 0 Å². The zero-order chi connectivity index (χ0) is 21.5. The van der Waals surface area contributed by atoms with Gasteiger partial charge >= 0.3 is 0 Å². The molecule has 0 aliphatic carbocycles. The van der Waals surface area contributed by atoms with Crippen molar-refractivity contribution in [3.63, 3.8) is 0 Å². The van der Waals surface area contributed by atoms with Crippen molar-refractivity contribution in [2.24, 2.45) is 5.41 Å². The maximum Gasteiger partial charge on any atom is 0.294 e. The first-order chi connectivity index (χ1) is 13.5. The number of aliphatic hydroxyl groups excluding tert-OH is 1. The number of Topliss-reactive ketones (excluding diaryl/α,β-unsaturated/α-hetero) is 1. The van der Waals surface area contributed by atoms with Crippen LogP contribution in [0.4, 0.5) is 5.69 Å². The van der Waals surface area contributed by atoms with Crippen molar-refractivity contribution in [1.29, 1.82) is 0 Å². The Kier molecular flexibility index (Phi) is 5.26. The largest absolute Gasteiger partial charge is 0.508 e. The molecular weight excluding hydrogens is 366 g/mol. The van der Waals surface area contributed by atoms with Crippen molar-refractivity contribution >= 4 is 17.4 Å². The van der Waals surface area contributed by atoms with Gasteiger partial charge < -0.3 is 10.2 Å². The van der Waals surface area contributed by atoms with Gasteiger partial charge in [0.25, 0.3) is 5.91 Å². The lowest BCUT2D eigenvalue weighted by molar-refractivity contribution is -0.123. The Bertz CT molecular complexity index is 963. The topological polar surface area (TPSA) is 77.8 Å². The molecule has 0 bridgehead atoms. The lowest BCUT2D eigenvalue weighted by atomic mass is 9.82. The lowest BCUT2D eigenvalue weighted by Crippen LogP contribution is -2.32. The number of ketones is 1. The van der Waals surface area contributed by atoms with E-state index >= 15 is 0 Å². The molecule has 2 aromatic carbocycles. The summed E-state index contributed by atoms with van der Waals surface area (Å²) in [6.07, 6.45) is 0. The van der Waals surface area contributed by atoms with Crippen LogP contribution in [0, 0.1) is 5.41 Å². The summed E-state index contributed by atoms with van der Waals surface area (Å²) in [6.45, 7) is 9.45. The van der Waals surface area contributed by atoms with E-state index < -0.39 is 23.1 Å². The molecule has 1 amide bonds. The SMILES string of the molecule is CC(C)c1ccc(N2C(=O)C(O)=C(C(=O)C(C)(C)C)C2c2ccc(O)cc2)cc1. The van der Waals surface area contributed by atoms with Crippen LogP contribution in [0.1, 0.15) is 57.7 Å². The number of aliphatic hydroxyl groups is 1. The maximum absolute atomic E-state index is 13.1. The van der Waals surface area contributed by atoms with Crippen LogP contribution in [0.5, 0.6) is 5.75 Å². The van der Waals surface area contributed by atoms with Gasteiger partial charge in [0, 0.05) is 11.1 Å². The number of anilines is 1. The summed E-state index contributed by atoms with van der Waals surface area (Å²) in [4.78, 5) is 27.6. The Morgan fingerprint density at radius 2 is 1.52 bits per heavy atom. The molecule has 0 saturated heterocycles. The van der Waals surface area contributed by atoms with E-state index in [0.717, 1.165) is 5.56 Å². The van der Waals surface area contributed by atoms with Gasteiger partial charge in [-0.1, -0.05) is 58.9 Å². The molecule has 0 aromatic heterocycles. The van der Waals surface area contributed by atoms with Crippen LogP contribution in [-0.2, 0) is 9.59 Å². The Hall–Kier alpha value is -3.08. The standard InChI is InChI=1S/C24H27NO4/c1-14(2)15-6-10-17(11-7-15)25-20(16-8-12-18(26)13-9-16)19(21(27)23(25)29)22(28)24(3,4)5/h6-14,20,26-27H,1-5H3. The minimum atomic E-state index is -0.768. The molecule has 0 spiro atoms. The first-order valence-corrected chi connectivity index (χ1v) is 9.72. The highest BCUT2D eigenvalue weighted by atomic mass is 16.3. The number of carbonyl (C=O) groups is 2. The average molecular weight is 393 g/mol. The van der Waals surface area contributed by atoms with E-state index in [2.05, 4.69) is 13.8 Å². The number of benzene rings is 2. The number of nitrogens with zero attached hydrogens (tertiary/aromatic N) is 1. The van der Waals surface area contributed by atoms with Crippen LogP contribution < -0.4 is 4.90 Å². The molecule has 2 N–H and O–H groups in total. The highest BCUT2D eigenvalue weighted by Crippen LogP contribution is 2.43. The van der Waals surface area contributed by atoms with Crippen LogP contribution in [0.25, 0.3) is 0 Å². The zero-order valence-electron chi connectivity index (χ0n) is 17.4. The summed E-state index contributed by atoms with van der Waals surface area (Å²) < 4.78 is 0. The molecule has 5 nitrogen and oxygen atoms in total. The summed E-state index contributed by atoms with van der Waals surface area (Å²) in [5.74, 6) is -0.981. The lowest BCUT2D eigenvalue weighted by Gasteiger charge is -2.29. The minimum Gasteiger partial charge on any atom is -0.508 e. The number of carbonyl (C=O) groups excluding carboxylic acids is 2. The smallest absolute Gasteiger partial charge is 0.294 e. The Balaban J connectivity index is 2.16. The van der Waals surface area contributed by atoms with Gasteiger partial charge in [0.05, 0.1) is 11.6 Å². The second-order valence-electron chi connectivity index (χ2n) is 8.76. The summed E-state index contributed by atoms with van der Waals surface area (Å²) in [6, 6.07) is 13.1. The van der Waals surface area contributed by atoms with E-state index in [4.69, 9.17) is 0 Å². The van der Waals surface area contributed by atoms with Gasteiger partial charge in [-0.25, -0.2) is 0 Å². The predicted octanol–water partition coefficient (Wildman–Crippen LogP) is 5.03. The molecule has 1 atom stereocenters. The van der Waals surface area contributed by atoms with Crippen LogP contribution in [0.3, 0.4) is 0 Å². The van der Waals surface area contributed by atoms with E-state index in [-0.39, 0.29) is 17.1 Å². The summed E-state index contributed by atoms with van der Waals surface area (Å²) in [5.41, 5.74) is 1.68. The first kappa shape index (κ1) is 20.6. The molecule has 0 fully saturated rings. The van der Waals surface area contributed by atoms with Crippen molar-refractivity contribution < 1.29 is 19.8 Å². The van der Waals surface area contributed by atoms with Gasteiger partial charge in [-0.3, -0.25) is 14.5 Å². The molecule has 1 unspecified atom stereocenters. The monoisotopic (exact) mass is 393 g/mol. The van der Waals surface area contributed by atoms with Gasteiger partial charge in [0.1, 0.15) is 5.75 Å². The molecule has 5 heteroatoms. The second-order valence-corrected chi connectivity index (χ2v) is 8.76. The molecule has 2 aromatic rings. The molecule has 152 valence electrons. The summed E-state index contributed by atoms with van der Waals surface area (Å²) in [5, 5.41) is 20.3. The third-order valence-electron chi connectivity index (χ3n) is 5.18.